The molecule has 0 N–H and O–H groups in total. The summed E-state index contributed by atoms with van der Waals surface area (Å²) in [6.45, 7) is 5.28. The quantitative estimate of drug-likeness (QED) is 0.183. The molecule has 4 aliphatic rings. The maximum absolute atomic E-state index is 14.6. The van der Waals surface area contributed by atoms with Crippen molar-refractivity contribution < 1.29 is 23.0 Å². The lowest BCUT2D eigenvalue weighted by Gasteiger charge is -2.41. The van der Waals surface area contributed by atoms with Crippen molar-refractivity contribution in [1.29, 1.82) is 5.26 Å². The van der Waals surface area contributed by atoms with Gasteiger partial charge in [0.25, 0.3) is 5.91 Å². The van der Waals surface area contributed by atoms with E-state index in [1.54, 1.807) is 6.20 Å². The van der Waals surface area contributed by atoms with Gasteiger partial charge in [-0.05, 0) is 43.7 Å². The van der Waals surface area contributed by atoms with E-state index in [1.165, 1.54) is 4.90 Å². The van der Waals surface area contributed by atoms with Gasteiger partial charge in [-0.2, -0.15) is 15.2 Å². The van der Waals surface area contributed by atoms with Gasteiger partial charge < -0.3 is 19.3 Å². The number of nitrogens with zero attached hydrogens (tertiary/aromatic N) is 7. The molecule has 1 amide bonds. The number of alkyl halides is 1. The Bertz CT molecular complexity index is 2050. The van der Waals surface area contributed by atoms with Crippen LogP contribution in [0.4, 0.5) is 14.6 Å². The summed E-state index contributed by atoms with van der Waals surface area (Å²) in [5, 5.41) is 12.6. The molecule has 2 aromatic heterocycles. The van der Waals surface area contributed by atoms with Crippen LogP contribution in [0.1, 0.15) is 38.5 Å². The number of nitriles is 1. The first-order valence-corrected chi connectivity index (χ1v) is 17.5. The van der Waals surface area contributed by atoms with Gasteiger partial charge in [-0.15, -0.1) is 0 Å². The van der Waals surface area contributed by atoms with Crippen LogP contribution >= 0.6 is 11.6 Å². The maximum Gasteiger partial charge on any atom is 0.319 e. The third kappa shape index (κ3) is 5.86. The fourth-order valence-corrected chi connectivity index (χ4v) is 8.17. The Labute approximate surface area is 293 Å². The second-order valence-electron chi connectivity index (χ2n) is 13.7. The van der Waals surface area contributed by atoms with Gasteiger partial charge in [0.2, 0.25) is 0 Å². The molecule has 258 valence electrons. The first-order chi connectivity index (χ1) is 24.2. The molecule has 0 radical (unpaired) electrons. The molecular weight excluding hydrogens is 664 g/mol. The zero-order valence-electron chi connectivity index (χ0n) is 27.5. The highest BCUT2D eigenvalue weighted by molar-refractivity contribution is 6.36. The second kappa shape index (κ2) is 12.9. The van der Waals surface area contributed by atoms with Crippen LogP contribution in [0.3, 0.4) is 0 Å². The SMILES string of the molecule is C=C(F)C(=O)N1CCN(c2nc(OC[C@@]34CCCN3C[C@H](F)C4)nc3c(OC4CC4)c(-c4cccc5cccc(Cl)c45)ncc23)C[C@@H]1CC#N. The van der Waals surface area contributed by atoms with E-state index in [4.69, 9.17) is 36.0 Å². The second-order valence-corrected chi connectivity index (χ2v) is 14.1. The van der Waals surface area contributed by atoms with Crippen molar-refractivity contribution in [3.05, 3.63) is 60.0 Å². The zero-order valence-corrected chi connectivity index (χ0v) is 28.2. The molecule has 0 unspecified atom stereocenters. The van der Waals surface area contributed by atoms with Crippen molar-refractivity contribution in [2.45, 2.75) is 62.4 Å². The zero-order chi connectivity index (χ0) is 34.6. The van der Waals surface area contributed by atoms with Crippen LogP contribution < -0.4 is 14.4 Å². The van der Waals surface area contributed by atoms with Gasteiger partial charge in [0.05, 0.1) is 35.6 Å². The normalized spacial score (nSPS) is 23.6. The molecule has 3 atom stereocenters. The fraction of sp³-hybridized carbons (Fsp3) is 0.432. The number of halogens is 3. The van der Waals surface area contributed by atoms with Gasteiger partial charge in [-0.3, -0.25) is 14.7 Å². The molecular formula is C37H36ClF2N7O3. The lowest BCUT2D eigenvalue weighted by Crippen LogP contribution is -2.55. The number of ether oxygens (including phenoxy) is 2. The molecule has 0 bridgehead atoms. The Balaban J connectivity index is 1.27. The van der Waals surface area contributed by atoms with Crippen LogP contribution in [0.5, 0.6) is 11.8 Å². The molecule has 1 aliphatic carbocycles. The number of rotatable bonds is 9. The predicted octanol–water partition coefficient (Wildman–Crippen LogP) is 6.41. The van der Waals surface area contributed by atoms with E-state index in [2.05, 4.69) is 17.5 Å². The first-order valence-electron chi connectivity index (χ1n) is 17.1. The molecule has 4 aromatic rings. The maximum atomic E-state index is 14.6. The van der Waals surface area contributed by atoms with Crippen LogP contribution in [-0.2, 0) is 4.79 Å². The van der Waals surface area contributed by atoms with Gasteiger partial charge in [0.15, 0.2) is 11.6 Å². The monoisotopic (exact) mass is 699 g/mol. The number of fused-ring (bicyclic) bond motifs is 3. The Morgan fingerprint density at radius 2 is 1.96 bits per heavy atom. The summed E-state index contributed by atoms with van der Waals surface area (Å²) in [6, 6.07) is 13.3. The number of hydrogen-bond donors (Lipinski definition) is 0. The molecule has 3 aliphatic heterocycles. The van der Waals surface area contributed by atoms with Gasteiger partial charge in [-0.25, -0.2) is 8.78 Å². The standard InChI is InChI=1S/C37H36ClF2N7O3/c1-22(39)35(48)47-16-15-45(20-25(47)11-13-41)34-28-18-42-31(27-7-2-5-23-6-3-8-29(38)30(23)27)33(50-26-9-10-26)32(28)43-36(44-34)49-21-37-12-4-14-46(37)19-24(40)17-37/h2-3,5-8,18,24-26H,1,4,9-12,14-17,19-21H2/t24-,25+,37+/m1/s1. The number of benzene rings is 2. The number of anilines is 1. The van der Waals surface area contributed by atoms with E-state index < -0.39 is 29.5 Å². The number of hydrogen-bond acceptors (Lipinski definition) is 9. The highest BCUT2D eigenvalue weighted by atomic mass is 35.5. The molecule has 3 saturated heterocycles. The third-order valence-corrected chi connectivity index (χ3v) is 10.7. The molecule has 4 fully saturated rings. The van der Waals surface area contributed by atoms with Crippen LogP contribution in [-0.4, -0.2) is 93.8 Å². The number of amides is 1. The molecule has 1 saturated carbocycles. The Morgan fingerprint density at radius 3 is 2.74 bits per heavy atom. The summed E-state index contributed by atoms with van der Waals surface area (Å²) >= 11 is 6.77. The van der Waals surface area contributed by atoms with E-state index in [0.29, 0.717) is 52.7 Å². The van der Waals surface area contributed by atoms with Gasteiger partial charge in [-0.1, -0.05) is 48.5 Å². The van der Waals surface area contributed by atoms with Gasteiger partial charge in [0, 0.05) is 54.8 Å². The van der Waals surface area contributed by atoms with Crippen molar-refractivity contribution in [1.82, 2.24) is 24.8 Å². The summed E-state index contributed by atoms with van der Waals surface area (Å²) in [5.74, 6) is -0.929. The van der Waals surface area contributed by atoms with Crippen LogP contribution in [0, 0.1) is 11.3 Å². The van der Waals surface area contributed by atoms with E-state index in [9.17, 15) is 18.8 Å². The Hall–Kier alpha value is -4.60. The van der Waals surface area contributed by atoms with Crippen molar-refractivity contribution in [3.8, 4) is 29.1 Å². The predicted molar refractivity (Wildman–Crippen MR) is 186 cm³/mol. The highest BCUT2D eigenvalue weighted by Gasteiger charge is 2.49. The number of aromatic nitrogens is 3. The third-order valence-electron chi connectivity index (χ3n) is 10.4. The summed E-state index contributed by atoms with van der Waals surface area (Å²) in [6.07, 6.45) is 4.75. The van der Waals surface area contributed by atoms with Crippen LogP contribution in [0.25, 0.3) is 32.9 Å². The van der Waals surface area contributed by atoms with Crippen molar-refractivity contribution in [2.24, 2.45) is 0 Å². The number of carbonyl (C=O) groups excluding carboxylic acids is 1. The van der Waals surface area contributed by atoms with Crippen molar-refractivity contribution >= 4 is 45.0 Å². The molecule has 5 heterocycles. The largest absolute Gasteiger partial charge is 0.486 e. The lowest BCUT2D eigenvalue weighted by molar-refractivity contribution is -0.131. The summed E-state index contributed by atoms with van der Waals surface area (Å²) in [5.41, 5.74) is 1.44. The average molecular weight is 700 g/mol. The lowest BCUT2D eigenvalue weighted by atomic mass is 9.95. The van der Waals surface area contributed by atoms with E-state index in [1.807, 2.05) is 41.3 Å². The fourth-order valence-electron chi connectivity index (χ4n) is 7.88. The minimum atomic E-state index is -1.07. The van der Waals surface area contributed by atoms with Crippen molar-refractivity contribution in [2.75, 3.05) is 44.2 Å². The average Bonchev–Trinajstić information content (AvgIpc) is 3.77. The smallest absolute Gasteiger partial charge is 0.319 e. The molecule has 0 spiro atoms. The minimum absolute atomic E-state index is 0.00900. The molecule has 13 heteroatoms. The number of piperazine rings is 1. The van der Waals surface area contributed by atoms with E-state index in [0.717, 1.165) is 48.6 Å². The molecule has 50 heavy (non-hydrogen) atoms. The summed E-state index contributed by atoms with van der Waals surface area (Å²) in [4.78, 5) is 33.0. The summed E-state index contributed by atoms with van der Waals surface area (Å²) in [7, 11) is 0. The molecule has 2 aromatic carbocycles. The Kier molecular flexibility index (Phi) is 8.43. The molecule has 10 nitrogen and oxygen atoms in total. The van der Waals surface area contributed by atoms with Crippen molar-refractivity contribution in [3.63, 3.8) is 0 Å². The summed E-state index contributed by atoms with van der Waals surface area (Å²) < 4.78 is 41.7. The number of carbonyl (C=O) groups is 1. The first kappa shape index (κ1) is 32.6. The van der Waals surface area contributed by atoms with Gasteiger partial charge >= 0.3 is 6.01 Å². The van der Waals surface area contributed by atoms with E-state index in [-0.39, 0.29) is 38.2 Å². The number of pyridine rings is 1. The highest BCUT2D eigenvalue weighted by Crippen LogP contribution is 2.45. The minimum Gasteiger partial charge on any atom is -0.486 e. The van der Waals surface area contributed by atoms with Gasteiger partial charge in [0.1, 0.15) is 29.8 Å². The topological polar surface area (TPSA) is 108 Å². The van der Waals surface area contributed by atoms with Crippen LogP contribution in [0.2, 0.25) is 5.02 Å². The molecule has 8 rings (SSSR count). The van der Waals surface area contributed by atoms with Crippen LogP contribution in [0.15, 0.2) is 55.0 Å². The van der Waals surface area contributed by atoms with E-state index >= 15 is 0 Å². The Morgan fingerprint density at radius 1 is 1.14 bits per heavy atom.